The molecular formula is C82H56O52. The monoisotopic (exact) mass is 1870 g/mol. The van der Waals surface area contributed by atoms with E-state index in [0.29, 0.717) is 48.5 Å². The van der Waals surface area contributed by atoms with Gasteiger partial charge in [0.2, 0.25) is 70.8 Å². The summed E-state index contributed by atoms with van der Waals surface area (Å²) in [6.45, 7) is -3.26. The van der Waals surface area contributed by atoms with Crippen molar-refractivity contribution >= 4 is 59.7 Å². The van der Waals surface area contributed by atoms with Crippen LogP contribution in [-0.2, 0) is 56.8 Å². The Morgan fingerprint density at radius 2 is 0.515 bits per heavy atom. The first kappa shape index (κ1) is 89.6. The number of fused-ring (bicyclic) bond motifs is 13. The molecule has 15 rings (SSSR count). The van der Waals surface area contributed by atoms with E-state index < -0.39 is 402 Å². The van der Waals surface area contributed by atoms with E-state index in [4.69, 9.17) is 61.6 Å². The van der Waals surface area contributed by atoms with Gasteiger partial charge in [0.1, 0.15) is 31.0 Å². The third-order valence-electron chi connectivity index (χ3n) is 21.0. The minimum atomic E-state index is -3.13. The second-order valence-electron chi connectivity index (χ2n) is 29.0. The van der Waals surface area contributed by atoms with Gasteiger partial charge in [-0.15, -0.1) is 0 Å². The first-order valence-electron chi connectivity index (χ1n) is 37.1. The summed E-state index contributed by atoms with van der Waals surface area (Å²) in [5, 5.41) is 319. The van der Waals surface area contributed by atoms with Crippen LogP contribution in [0.5, 0.6) is 178 Å². The molecule has 0 bridgehead atoms. The largest absolute Gasteiger partial charge is 0.504 e. The molecular weight excluding hydrogens is 1820 g/mol. The number of ether oxygens (including phenoxy) is 13. The quantitative estimate of drug-likeness (QED) is 0.0527. The lowest BCUT2D eigenvalue weighted by atomic mass is 9.91. The number of hydrogen-bond donors (Lipinski definition) is 29. The molecule has 0 radical (unpaired) electrons. The van der Waals surface area contributed by atoms with Crippen molar-refractivity contribution in [2.24, 2.45) is 0 Å². The summed E-state index contributed by atoms with van der Waals surface area (Å²) in [6.07, 6.45) is -28.4. The lowest BCUT2D eigenvalue weighted by molar-refractivity contribution is -0.282. The van der Waals surface area contributed by atoms with Gasteiger partial charge >= 0.3 is 59.7 Å². The van der Waals surface area contributed by atoms with Gasteiger partial charge in [0.15, 0.2) is 157 Å². The third kappa shape index (κ3) is 15.0. The van der Waals surface area contributed by atoms with Crippen LogP contribution < -0.4 is 4.74 Å². The van der Waals surface area contributed by atoms with Crippen LogP contribution in [-0.4, -0.2) is 282 Å². The van der Waals surface area contributed by atoms with Gasteiger partial charge in [0, 0.05) is 45.5 Å². The summed E-state index contributed by atoms with van der Waals surface area (Å²) >= 11 is 0. The van der Waals surface area contributed by atoms with Gasteiger partial charge in [-0.2, -0.15) is 0 Å². The number of phenolic OH excluding ortho intramolecular Hbond substituents is 29. The highest BCUT2D eigenvalue weighted by atomic mass is 16.8. The number of benzene rings is 10. The Morgan fingerprint density at radius 1 is 0.246 bits per heavy atom. The van der Waals surface area contributed by atoms with Crippen molar-refractivity contribution in [2.75, 3.05) is 13.2 Å². The fourth-order valence-corrected chi connectivity index (χ4v) is 14.5. The van der Waals surface area contributed by atoms with Crippen molar-refractivity contribution in [3.63, 3.8) is 0 Å². The van der Waals surface area contributed by atoms with Crippen LogP contribution in [0.25, 0.3) is 33.4 Å². The molecule has 0 aliphatic carbocycles. The summed E-state index contributed by atoms with van der Waals surface area (Å²) in [5.41, 5.74) is -20.7. The predicted octanol–water partition coefficient (Wildman–Crippen LogP) is 3.71. The van der Waals surface area contributed by atoms with E-state index in [2.05, 4.69) is 0 Å². The molecule has 2 fully saturated rings. The number of phenols is 29. The molecule has 52 nitrogen and oxygen atoms in total. The zero-order valence-corrected chi connectivity index (χ0v) is 65.6. The Morgan fingerprint density at radius 3 is 0.888 bits per heavy atom. The predicted molar refractivity (Wildman–Crippen MR) is 414 cm³/mol. The Bertz CT molecular complexity index is 6800. The molecule has 0 spiro atoms. The first-order valence-corrected chi connectivity index (χ1v) is 37.1. The second kappa shape index (κ2) is 32.9. The van der Waals surface area contributed by atoms with E-state index in [0.717, 1.165) is 0 Å². The minimum Gasteiger partial charge on any atom is -0.504 e. The minimum absolute atomic E-state index is 0.0771. The van der Waals surface area contributed by atoms with Gasteiger partial charge in [-0.3, -0.25) is 0 Å². The molecule has 10 aromatic rings. The van der Waals surface area contributed by atoms with Crippen LogP contribution in [0.1, 0.15) is 104 Å². The Labute approximate surface area is 735 Å². The molecule has 52 heteroatoms. The molecule has 696 valence electrons. The Balaban J connectivity index is 0.858. The zero-order chi connectivity index (χ0) is 97.5. The highest BCUT2D eigenvalue weighted by molar-refractivity contribution is 6.12. The number of carbonyl (C=O) groups is 10. The van der Waals surface area contributed by atoms with Crippen LogP contribution in [0, 0.1) is 0 Å². The smallest absolute Gasteiger partial charge is 0.344 e. The molecule has 10 atom stereocenters. The maximum absolute atomic E-state index is 15.5. The van der Waals surface area contributed by atoms with Crippen LogP contribution in [0.15, 0.2) is 78.9 Å². The first-order chi connectivity index (χ1) is 63.1. The van der Waals surface area contributed by atoms with Gasteiger partial charge in [0.25, 0.3) is 0 Å². The molecule has 0 saturated carbocycles. The van der Waals surface area contributed by atoms with Crippen molar-refractivity contribution in [2.45, 2.75) is 61.4 Å². The van der Waals surface area contributed by atoms with Crippen LogP contribution in [0.4, 0.5) is 0 Å². The molecule has 0 amide bonds. The second-order valence-corrected chi connectivity index (χ2v) is 29.0. The van der Waals surface area contributed by atoms with E-state index in [-0.39, 0.29) is 30.3 Å². The highest BCUT2D eigenvalue weighted by Gasteiger charge is 2.59. The number of cyclic esters (lactones) is 2. The van der Waals surface area contributed by atoms with Crippen LogP contribution >= 0.6 is 0 Å². The Kier molecular flexibility index (Phi) is 22.0. The summed E-state index contributed by atoms with van der Waals surface area (Å²) in [5.74, 6) is -67.6. The average molecular weight is 1870 g/mol. The highest BCUT2D eigenvalue weighted by Crippen LogP contribution is 2.60. The van der Waals surface area contributed by atoms with Gasteiger partial charge in [0.05, 0.1) is 50.1 Å². The zero-order valence-electron chi connectivity index (χ0n) is 65.6. The topological polar surface area (TPSA) is 877 Å². The van der Waals surface area contributed by atoms with Crippen LogP contribution in [0.3, 0.4) is 0 Å². The van der Waals surface area contributed by atoms with Gasteiger partial charge < -0.3 is 210 Å². The van der Waals surface area contributed by atoms with Crippen molar-refractivity contribution in [3.8, 4) is 212 Å². The molecule has 5 heterocycles. The summed E-state index contributed by atoms with van der Waals surface area (Å²) in [7, 11) is 0. The molecule has 0 unspecified atom stereocenters. The number of esters is 10. The normalized spacial score (nSPS) is 19.6. The summed E-state index contributed by atoms with van der Waals surface area (Å²) < 4.78 is 74.5. The molecule has 134 heavy (non-hydrogen) atoms. The fraction of sp³-hybridized carbons (Fsp3) is 0.146. The third-order valence-corrected chi connectivity index (χ3v) is 21.0. The van der Waals surface area contributed by atoms with Crippen molar-refractivity contribution in [3.05, 3.63) is 134 Å². The standard InChI is InChI=1S/C82H56O52/c83-26-1-16(2-27(84)47(26)95)71(112)129-67-65-39(14-122-74(115)19-7-32(89)50(98)57(105)41(19)42-20(76(117)127-65)8-33(90)51(99)58(42)106)126-82(69(67)131-72(113)17-3-28(85)48(96)29(86)4-17)134-80(121)25-12-37(94)55(103)63(111)64(25)124-38-13-24-46(62(110)56(38)104)45-21(9-34(91)54(102)61(45)109)77(118)128-66-40(15-123-75(24)116)125-81(133-73(114)18-5-30(87)49(97)31(88)6-18)70-68(66)130-78(119)22-10-35(92)52(100)59(107)43(22)44-23(79(120)132-70)11-36(93)53(101)60(44)108/h1-13,39-40,65-70,81-111H,14-15H2/t39-,40-,65-,66-,67+,68+,69-,70-,81+,82+/m1/s1. The molecule has 5 aliphatic rings. The Hall–Kier alpha value is -19.2. The lowest BCUT2D eigenvalue weighted by Crippen LogP contribution is -2.63. The summed E-state index contributed by atoms with van der Waals surface area (Å²) in [4.78, 5) is 149. The van der Waals surface area contributed by atoms with Crippen molar-refractivity contribution < 1.29 is 258 Å². The van der Waals surface area contributed by atoms with Gasteiger partial charge in [-0.05, 0) is 66.7 Å². The van der Waals surface area contributed by atoms with Crippen molar-refractivity contribution in [1.29, 1.82) is 0 Å². The van der Waals surface area contributed by atoms with E-state index in [9.17, 15) is 172 Å². The lowest BCUT2D eigenvalue weighted by Gasteiger charge is -2.44. The average Bonchev–Trinajstić information content (AvgIpc) is 1.19. The summed E-state index contributed by atoms with van der Waals surface area (Å²) in [6, 6.07) is 3.90. The number of aromatic hydroxyl groups is 29. The van der Waals surface area contributed by atoms with E-state index in [1.807, 2.05) is 0 Å². The maximum Gasteiger partial charge on any atom is 0.344 e. The maximum atomic E-state index is 15.5. The number of rotatable bonds is 10. The van der Waals surface area contributed by atoms with Crippen molar-refractivity contribution in [1.82, 2.24) is 0 Å². The molecule has 10 aromatic carbocycles. The van der Waals surface area contributed by atoms with Gasteiger partial charge in [-0.1, -0.05) is 0 Å². The van der Waals surface area contributed by atoms with Crippen LogP contribution in [0.2, 0.25) is 0 Å². The van der Waals surface area contributed by atoms with Gasteiger partial charge in [-0.25, -0.2) is 47.9 Å². The molecule has 0 aromatic heterocycles. The molecule has 5 aliphatic heterocycles. The fourth-order valence-electron chi connectivity index (χ4n) is 14.5. The number of hydrogen-bond acceptors (Lipinski definition) is 52. The van der Waals surface area contributed by atoms with E-state index in [1.165, 1.54) is 0 Å². The molecule has 29 N–H and O–H groups in total. The number of carbonyl (C=O) groups excluding carboxylic acids is 10. The van der Waals surface area contributed by atoms with E-state index in [1.54, 1.807) is 0 Å². The van der Waals surface area contributed by atoms with E-state index >= 15 is 24.0 Å². The molecule has 2 saturated heterocycles. The SMILES string of the molecule is O=C(O[C@@H]1O[C@@H]2COC(=O)c3cc(Oc4c(C(=O)O[C@@H]5O[C@@H]6COC(=O)c7cc(O)c(O)c(O)c7-c7c(cc(O)c(O)c7O)C(=O)O[C@H]6[C@H](OC(=O)c6cc(O)c(O)c(O)c6)[C@H]5OC(=O)c5cc(O)c(O)c(O)c5)cc(O)c(O)c4O)c(O)c(O)c3-c3c(cc(O)c(O)c3O)C(=O)O[C@H]2[C@@H]2OC(=O)c3cc(O)c(O)c(O)c3-c3c(cc(O)c(O)c3O)C(=O)O[C@@H]12)c1cc(O)c(O)c(O)c1.